The predicted molar refractivity (Wildman–Crippen MR) is 108 cm³/mol. The van der Waals surface area contributed by atoms with Crippen LogP contribution in [0.5, 0.6) is 17.2 Å². The Morgan fingerprint density at radius 3 is 2.73 bits per heavy atom. The molecule has 150 valence electrons. The highest BCUT2D eigenvalue weighted by molar-refractivity contribution is 5.83. The summed E-state index contributed by atoms with van der Waals surface area (Å²) >= 11 is 0. The number of nitrogens with zero attached hydrogens (tertiary/aromatic N) is 4. The van der Waals surface area contributed by atoms with E-state index in [-0.39, 0.29) is 5.69 Å². The number of hydrogen-bond donors (Lipinski definition) is 0. The number of rotatable bonds is 4. The highest BCUT2D eigenvalue weighted by atomic mass is 16.6. The predicted octanol–water partition coefficient (Wildman–Crippen LogP) is 3.78. The fourth-order valence-electron chi connectivity index (χ4n) is 3.49. The molecule has 4 aromatic rings. The molecule has 9 heteroatoms. The van der Waals surface area contributed by atoms with E-state index in [4.69, 9.17) is 14.2 Å². The van der Waals surface area contributed by atoms with Crippen LogP contribution in [0.3, 0.4) is 0 Å². The minimum absolute atomic E-state index is 0.108. The third kappa shape index (κ3) is 2.87. The van der Waals surface area contributed by atoms with E-state index < -0.39 is 4.92 Å². The van der Waals surface area contributed by atoms with Crippen LogP contribution in [0, 0.1) is 10.1 Å². The first-order valence-electron chi connectivity index (χ1n) is 9.22. The number of benzene rings is 2. The average Bonchev–Trinajstić information content (AvgIpc) is 3.17. The van der Waals surface area contributed by atoms with Gasteiger partial charge in [0.25, 0.3) is 5.69 Å². The van der Waals surface area contributed by atoms with E-state index in [0.717, 1.165) is 0 Å². The van der Waals surface area contributed by atoms with Gasteiger partial charge >= 0.3 is 0 Å². The maximum Gasteiger partial charge on any atom is 0.284 e. The number of aromatic nitrogens is 3. The summed E-state index contributed by atoms with van der Waals surface area (Å²) in [4.78, 5) is 20.4. The Hall–Kier alpha value is -4.14. The summed E-state index contributed by atoms with van der Waals surface area (Å²) in [6, 6.07) is 13.8. The topological polar surface area (TPSA) is 102 Å². The van der Waals surface area contributed by atoms with E-state index >= 15 is 0 Å². The van der Waals surface area contributed by atoms with Crippen molar-refractivity contribution in [1.82, 2.24) is 14.5 Å². The summed E-state index contributed by atoms with van der Waals surface area (Å²) in [5.74, 6) is 2.05. The zero-order valence-corrected chi connectivity index (χ0v) is 15.9. The molecule has 0 fully saturated rings. The third-order valence-electron chi connectivity index (χ3n) is 4.84. The molecule has 0 saturated heterocycles. The van der Waals surface area contributed by atoms with Gasteiger partial charge in [-0.25, -0.2) is 9.97 Å². The Bertz CT molecular complexity index is 1280. The standard InChI is InChI=1S/C21H16N4O5/c1-28-14-5-6-15(17(12-14)25(26)27)20-23-16-3-2-8-22-21(16)24(20)13-4-7-18-19(11-13)30-10-9-29-18/h2-8,11-12H,9-10H2,1H3. The van der Waals surface area contributed by atoms with Crippen molar-refractivity contribution in [3.05, 3.63) is 64.8 Å². The van der Waals surface area contributed by atoms with Crippen molar-refractivity contribution in [2.24, 2.45) is 0 Å². The van der Waals surface area contributed by atoms with Crippen molar-refractivity contribution >= 4 is 16.9 Å². The summed E-state index contributed by atoms with van der Waals surface area (Å²) in [5, 5.41) is 11.8. The summed E-state index contributed by atoms with van der Waals surface area (Å²) in [7, 11) is 1.47. The van der Waals surface area contributed by atoms with Gasteiger partial charge in [-0.3, -0.25) is 14.7 Å². The molecule has 5 rings (SSSR count). The highest BCUT2D eigenvalue weighted by Crippen LogP contribution is 2.38. The van der Waals surface area contributed by atoms with E-state index in [1.165, 1.54) is 13.2 Å². The molecule has 0 N–H and O–H groups in total. The maximum absolute atomic E-state index is 11.8. The first kappa shape index (κ1) is 17.9. The lowest BCUT2D eigenvalue weighted by Gasteiger charge is -2.19. The van der Waals surface area contributed by atoms with Crippen LogP contribution in [0.4, 0.5) is 5.69 Å². The van der Waals surface area contributed by atoms with Crippen LogP contribution in [0.1, 0.15) is 0 Å². The largest absolute Gasteiger partial charge is 0.497 e. The molecule has 9 nitrogen and oxygen atoms in total. The zero-order chi connectivity index (χ0) is 20.7. The van der Waals surface area contributed by atoms with Gasteiger partial charge in [0.1, 0.15) is 24.5 Å². The molecular weight excluding hydrogens is 388 g/mol. The lowest BCUT2D eigenvalue weighted by molar-refractivity contribution is -0.384. The van der Waals surface area contributed by atoms with Gasteiger partial charge < -0.3 is 14.2 Å². The summed E-state index contributed by atoms with van der Waals surface area (Å²) in [6.07, 6.45) is 1.66. The summed E-state index contributed by atoms with van der Waals surface area (Å²) in [6.45, 7) is 0.946. The molecule has 30 heavy (non-hydrogen) atoms. The van der Waals surface area contributed by atoms with Crippen molar-refractivity contribution in [3.8, 4) is 34.3 Å². The number of nitro benzene ring substituents is 1. The summed E-state index contributed by atoms with van der Waals surface area (Å²) < 4.78 is 18.3. The van der Waals surface area contributed by atoms with Crippen molar-refractivity contribution in [1.29, 1.82) is 0 Å². The fraction of sp³-hybridized carbons (Fsp3) is 0.143. The normalized spacial score (nSPS) is 12.7. The molecule has 1 aliphatic rings. The Balaban J connectivity index is 1.78. The maximum atomic E-state index is 11.8. The van der Waals surface area contributed by atoms with Crippen LogP contribution < -0.4 is 14.2 Å². The molecule has 0 amide bonds. The lowest BCUT2D eigenvalue weighted by atomic mass is 10.1. The molecule has 0 saturated carbocycles. The Morgan fingerprint density at radius 1 is 1.10 bits per heavy atom. The van der Waals surface area contributed by atoms with Gasteiger partial charge in [0, 0.05) is 12.3 Å². The summed E-state index contributed by atoms with van der Waals surface area (Å²) in [5.41, 5.74) is 2.15. The minimum Gasteiger partial charge on any atom is -0.497 e. The van der Waals surface area contributed by atoms with Crippen molar-refractivity contribution < 1.29 is 19.1 Å². The number of imidazole rings is 1. The molecule has 0 aliphatic carbocycles. The molecule has 2 aromatic heterocycles. The number of nitro groups is 1. The SMILES string of the molecule is COc1ccc(-c2nc3cccnc3n2-c2ccc3c(c2)OCCO3)c([N+](=O)[O-])c1. The van der Waals surface area contributed by atoms with Crippen molar-refractivity contribution in [3.63, 3.8) is 0 Å². The van der Waals surface area contributed by atoms with Crippen LogP contribution in [0.2, 0.25) is 0 Å². The Kier molecular flexibility index (Phi) is 4.20. The molecule has 2 aromatic carbocycles. The number of pyridine rings is 1. The number of methoxy groups -OCH3 is 1. The second-order valence-corrected chi connectivity index (χ2v) is 6.59. The van der Waals surface area contributed by atoms with Gasteiger partial charge in [0.2, 0.25) is 0 Å². The zero-order valence-electron chi connectivity index (χ0n) is 15.9. The average molecular weight is 404 g/mol. The monoisotopic (exact) mass is 404 g/mol. The van der Waals surface area contributed by atoms with Crippen molar-refractivity contribution in [2.45, 2.75) is 0 Å². The van der Waals surface area contributed by atoms with E-state index in [1.54, 1.807) is 29.0 Å². The van der Waals surface area contributed by atoms with Gasteiger partial charge in [0.05, 0.1) is 29.4 Å². The smallest absolute Gasteiger partial charge is 0.284 e. The molecule has 0 spiro atoms. The third-order valence-corrected chi connectivity index (χ3v) is 4.84. The van der Waals surface area contributed by atoms with Gasteiger partial charge in [-0.05, 0) is 36.4 Å². The van der Waals surface area contributed by atoms with Gasteiger partial charge in [-0.1, -0.05) is 0 Å². The molecule has 0 radical (unpaired) electrons. The molecular formula is C21H16N4O5. The first-order valence-corrected chi connectivity index (χ1v) is 9.22. The van der Waals surface area contributed by atoms with Crippen LogP contribution in [0.25, 0.3) is 28.2 Å². The Labute approximate surface area is 170 Å². The number of ether oxygens (including phenoxy) is 3. The van der Waals surface area contributed by atoms with Gasteiger partial charge in [-0.15, -0.1) is 0 Å². The molecule has 0 atom stereocenters. The van der Waals surface area contributed by atoms with Crippen LogP contribution in [-0.4, -0.2) is 39.8 Å². The van der Waals surface area contributed by atoms with Crippen LogP contribution >= 0.6 is 0 Å². The lowest BCUT2D eigenvalue weighted by Crippen LogP contribution is -2.15. The number of hydrogen-bond acceptors (Lipinski definition) is 7. The fourth-order valence-corrected chi connectivity index (χ4v) is 3.49. The van der Waals surface area contributed by atoms with E-state index in [2.05, 4.69) is 9.97 Å². The van der Waals surface area contributed by atoms with E-state index in [9.17, 15) is 10.1 Å². The van der Waals surface area contributed by atoms with Gasteiger partial charge in [-0.2, -0.15) is 0 Å². The number of fused-ring (bicyclic) bond motifs is 2. The second kappa shape index (κ2) is 7.03. The highest BCUT2D eigenvalue weighted by Gasteiger charge is 2.24. The Morgan fingerprint density at radius 2 is 1.93 bits per heavy atom. The minimum atomic E-state index is -0.446. The molecule has 3 heterocycles. The molecule has 0 bridgehead atoms. The van der Waals surface area contributed by atoms with Crippen LogP contribution in [-0.2, 0) is 0 Å². The van der Waals surface area contributed by atoms with Gasteiger partial charge in [0.15, 0.2) is 23.0 Å². The first-order chi connectivity index (χ1) is 14.7. The van der Waals surface area contributed by atoms with Crippen LogP contribution in [0.15, 0.2) is 54.7 Å². The van der Waals surface area contributed by atoms with E-state index in [0.29, 0.717) is 58.7 Å². The molecule has 0 unspecified atom stereocenters. The molecule has 1 aliphatic heterocycles. The quantitative estimate of drug-likeness (QED) is 0.377. The van der Waals surface area contributed by atoms with Crippen molar-refractivity contribution in [2.75, 3.05) is 20.3 Å². The van der Waals surface area contributed by atoms with E-state index in [1.807, 2.05) is 24.3 Å². The second-order valence-electron chi connectivity index (χ2n) is 6.59.